The molecule has 0 spiro atoms. The molecule has 1 N–H and O–H groups in total. The molecule has 1 atom stereocenters. The molecule has 14 heavy (non-hydrogen) atoms. The molecule has 0 aromatic heterocycles. The third kappa shape index (κ3) is 2.58. The maximum absolute atomic E-state index is 11.0. The number of carbonyl (C=O) groups is 2. The minimum absolute atomic E-state index is 0.256. The first-order valence-corrected chi connectivity index (χ1v) is 4.51. The van der Waals surface area contributed by atoms with Gasteiger partial charge in [0, 0.05) is 5.57 Å². The molecule has 0 bridgehead atoms. The quantitative estimate of drug-likeness (QED) is 0.537. The number of cyclic esters (lactones) is 1. The van der Waals surface area contributed by atoms with Gasteiger partial charge in [0.15, 0.2) is 0 Å². The molecule has 1 fully saturated rings. The van der Waals surface area contributed by atoms with Crippen LogP contribution in [0.4, 0.5) is 0 Å². The standard InChI is InChI=1S/C10H14O4/c1-7(9(12)13)5-10(2)3-4-14-8(11)6-10/h5H,3-4,6H2,1-2H3,(H,12,13). The average Bonchev–Trinajstić information content (AvgIpc) is 2.02. The number of esters is 1. The summed E-state index contributed by atoms with van der Waals surface area (Å²) in [6.45, 7) is 3.78. The van der Waals surface area contributed by atoms with Crippen LogP contribution >= 0.6 is 0 Å². The zero-order valence-corrected chi connectivity index (χ0v) is 8.37. The number of allylic oxidation sites excluding steroid dienone is 1. The fraction of sp³-hybridized carbons (Fsp3) is 0.600. The lowest BCUT2D eigenvalue weighted by Crippen LogP contribution is -2.29. The molecular formula is C10H14O4. The summed E-state index contributed by atoms with van der Waals surface area (Å²) in [4.78, 5) is 21.6. The Labute approximate surface area is 82.6 Å². The molecule has 1 rings (SSSR count). The Kier molecular flexibility index (Phi) is 2.93. The van der Waals surface area contributed by atoms with Gasteiger partial charge in [0.1, 0.15) is 0 Å². The summed E-state index contributed by atoms with van der Waals surface area (Å²) in [6, 6.07) is 0. The van der Waals surface area contributed by atoms with Crippen molar-refractivity contribution in [2.45, 2.75) is 26.7 Å². The first kappa shape index (κ1) is 10.8. The van der Waals surface area contributed by atoms with Crippen LogP contribution in [-0.2, 0) is 14.3 Å². The van der Waals surface area contributed by atoms with Gasteiger partial charge in [0.2, 0.25) is 0 Å². The highest BCUT2D eigenvalue weighted by Gasteiger charge is 2.31. The van der Waals surface area contributed by atoms with Gasteiger partial charge in [0.05, 0.1) is 13.0 Å². The summed E-state index contributed by atoms with van der Waals surface area (Å²) in [6.07, 6.45) is 2.59. The monoisotopic (exact) mass is 198 g/mol. The highest BCUT2D eigenvalue weighted by Crippen LogP contribution is 2.32. The zero-order valence-electron chi connectivity index (χ0n) is 8.37. The van der Waals surface area contributed by atoms with Crippen molar-refractivity contribution in [3.8, 4) is 0 Å². The van der Waals surface area contributed by atoms with E-state index in [-0.39, 0.29) is 23.4 Å². The Morgan fingerprint density at radius 3 is 2.79 bits per heavy atom. The minimum Gasteiger partial charge on any atom is -0.478 e. The molecule has 0 saturated carbocycles. The summed E-state index contributed by atoms with van der Waals surface area (Å²) in [5.74, 6) is -1.20. The molecule has 1 heterocycles. The van der Waals surface area contributed by atoms with Gasteiger partial charge in [-0.3, -0.25) is 4.79 Å². The summed E-state index contributed by atoms with van der Waals surface area (Å²) >= 11 is 0. The smallest absolute Gasteiger partial charge is 0.330 e. The second kappa shape index (κ2) is 3.82. The van der Waals surface area contributed by atoms with Gasteiger partial charge in [-0.1, -0.05) is 13.0 Å². The molecule has 0 amide bonds. The summed E-state index contributed by atoms with van der Waals surface area (Å²) in [5, 5.41) is 8.71. The van der Waals surface area contributed by atoms with Crippen molar-refractivity contribution < 1.29 is 19.4 Å². The SMILES string of the molecule is CC(=CC1(C)CCOC(=O)C1)C(=O)O. The highest BCUT2D eigenvalue weighted by molar-refractivity contribution is 5.86. The average molecular weight is 198 g/mol. The van der Waals surface area contributed by atoms with Gasteiger partial charge in [-0.25, -0.2) is 4.79 Å². The van der Waals surface area contributed by atoms with Crippen molar-refractivity contribution >= 4 is 11.9 Å². The lowest BCUT2D eigenvalue weighted by atomic mass is 9.80. The van der Waals surface area contributed by atoms with Crippen LogP contribution in [0.25, 0.3) is 0 Å². The molecule has 0 aliphatic carbocycles. The molecule has 0 aromatic rings. The van der Waals surface area contributed by atoms with E-state index in [0.717, 1.165) is 0 Å². The first-order chi connectivity index (χ1) is 6.43. The highest BCUT2D eigenvalue weighted by atomic mass is 16.5. The summed E-state index contributed by atoms with van der Waals surface area (Å²) < 4.78 is 4.80. The van der Waals surface area contributed by atoms with E-state index in [1.165, 1.54) is 6.92 Å². The van der Waals surface area contributed by atoms with Crippen LogP contribution in [0.2, 0.25) is 0 Å². The molecule has 1 aliphatic heterocycles. The van der Waals surface area contributed by atoms with Crippen LogP contribution in [0, 0.1) is 5.41 Å². The number of hydrogen-bond donors (Lipinski definition) is 1. The van der Waals surface area contributed by atoms with E-state index in [1.807, 2.05) is 6.92 Å². The first-order valence-electron chi connectivity index (χ1n) is 4.51. The van der Waals surface area contributed by atoms with Gasteiger partial charge in [0.25, 0.3) is 0 Å². The Hall–Kier alpha value is -1.32. The van der Waals surface area contributed by atoms with Crippen LogP contribution in [-0.4, -0.2) is 23.7 Å². The second-order valence-electron chi connectivity index (χ2n) is 3.93. The second-order valence-corrected chi connectivity index (χ2v) is 3.93. The number of hydrogen-bond acceptors (Lipinski definition) is 3. The fourth-order valence-corrected chi connectivity index (χ4v) is 1.57. The predicted octanol–water partition coefficient (Wildman–Crippen LogP) is 1.36. The van der Waals surface area contributed by atoms with Crippen molar-refractivity contribution in [2.75, 3.05) is 6.61 Å². The van der Waals surface area contributed by atoms with Gasteiger partial charge in [-0.15, -0.1) is 0 Å². The molecule has 1 saturated heterocycles. The van der Waals surface area contributed by atoms with E-state index in [2.05, 4.69) is 0 Å². The van der Waals surface area contributed by atoms with E-state index >= 15 is 0 Å². The van der Waals surface area contributed by atoms with E-state index in [0.29, 0.717) is 13.0 Å². The number of carboxylic acids is 1. The Bertz CT molecular complexity index is 292. The third-order valence-corrected chi connectivity index (χ3v) is 2.39. The number of carbonyl (C=O) groups excluding carboxylic acids is 1. The zero-order chi connectivity index (χ0) is 10.8. The van der Waals surface area contributed by atoms with Crippen LogP contribution in [0.5, 0.6) is 0 Å². The number of carboxylic acid groups (broad SMARTS) is 1. The third-order valence-electron chi connectivity index (χ3n) is 2.39. The number of rotatable bonds is 2. The largest absolute Gasteiger partial charge is 0.478 e. The summed E-state index contributed by atoms with van der Waals surface area (Å²) in [7, 11) is 0. The Balaban J connectivity index is 2.79. The van der Waals surface area contributed by atoms with Gasteiger partial charge >= 0.3 is 11.9 Å². The van der Waals surface area contributed by atoms with Gasteiger partial charge in [-0.05, 0) is 18.8 Å². The van der Waals surface area contributed by atoms with E-state index in [1.54, 1.807) is 6.08 Å². The Morgan fingerprint density at radius 2 is 2.29 bits per heavy atom. The topological polar surface area (TPSA) is 63.6 Å². The maximum Gasteiger partial charge on any atom is 0.330 e. The lowest BCUT2D eigenvalue weighted by Gasteiger charge is -2.29. The Morgan fingerprint density at radius 1 is 1.64 bits per heavy atom. The van der Waals surface area contributed by atoms with Crippen molar-refractivity contribution in [3.05, 3.63) is 11.6 Å². The minimum atomic E-state index is -0.940. The molecule has 1 unspecified atom stereocenters. The van der Waals surface area contributed by atoms with Crippen LogP contribution in [0.15, 0.2) is 11.6 Å². The van der Waals surface area contributed by atoms with Gasteiger partial charge in [-0.2, -0.15) is 0 Å². The molecule has 1 aliphatic rings. The summed E-state index contributed by atoms with van der Waals surface area (Å²) in [5.41, 5.74) is -0.0835. The normalized spacial score (nSPS) is 28.4. The molecular weight excluding hydrogens is 184 g/mol. The predicted molar refractivity (Wildman–Crippen MR) is 49.7 cm³/mol. The van der Waals surface area contributed by atoms with Crippen molar-refractivity contribution in [3.63, 3.8) is 0 Å². The van der Waals surface area contributed by atoms with Crippen LogP contribution in [0.3, 0.4) is 0 Å². The molecule has 0 aromatic carbocycles. The number of aliphatic carboxylic acids is 1. The molecule has 78 valence electrons. The lowest BCUT2D eigenvalue weighted by molar-refractivity contribution is -0.151. The van der Waals surface area contributed by atoms with E-state index in [9.17, 15) is 9.59 Å². The molecule has 4 heteroatoms. The fourth-order valence-electron chi connectivity index (χ4n) is 1.57. The van der Waals surface area contributed by atoms with E-state index in [4.69, 9.17) is 9.84 Å². The van der Waals surface area contributed by atoms with Crippen LogP contribution in [0.1, 0.15) is 26.7 Å². The molecule has 0 radical (unpaired) electrons. The number of ether oxygens (including phenoxy) is 1. The van der Waals surface area contributed by atoms with Crippen LogP contribution < -0.4 is 0 Å². The van der Waals surface area contributed by atoms with Crippen molar-refractivity contribution in [1.82, 2.24) is 0 Å². The van der Waals surface area contributed by atoms with E-state index < -0.39 is 5.97 Å². The van der Waals surface area contributed by atoms with Gasteiger partial charge < -0.3 is 9.84 Å². The van der Waals surface area contributed by atoms with Crippen molar-refractivity contribution in [2.24, 2.45) is 5.41 Å². The van der Waals surface area contributed by atoms with Crippen molar-refractivity contribution in [1.29, 1.82) is 0 Å². The molecule has 4 nitrogen and oxygen atoms in total. The maximum atomic E-state index is 11.0.